The molecular weight excluding hydrogens is 517 g/mol. The highest BCUT2D eigenvalue weighted by atomic mass is 19.1. The van der Waals surface area contributed by atoms with Gasteiger partial charge in [0.2, 0.25) is 0 Å². The van der Waals surface area contributed by atoms with Gasteiger partial charge in [-0.1, -0.05) is 38.1 Å². The molecule has 220 valence electrons. The molecule has 0 spiro atoms. The number of nitrogens with one attached hydrogen (secondary N) is 1. The van der Waals surface area contributed by atoms with Crippen LogP contribution < -0.4 is 10.2 Å². The van der Waals surface area contributed by atoms with E-state index in [9.17, 15) is 14.3 Å². The van der Waals surface area contributed by atoms with Gasteiger partial charge < -0.3 is 20.1 Å². The lowest BCUT2D eigenvalue weighted by Crippen LogP contribution is -2.39. The highest BCUT2D eigenvalue weighted by molar-refractivity contribution is 5.88. The van der Waals surface area contributed by atoms with Gasteiger partial charge in [0.25, 0.3) is 0 Å². The number of hydrogen-bond donors (Lipinski definition) is 2. The fourth-order valence-corrected chi connectivity index (χ4v) is 5.51. The number of carboxylic acids is 1. The molecule has 1 aliphatic heterocycles. The summed E-state index contributed by atoms with van der Waals surface area (Å²) in [6, 6.07) is 14.8. The number of carboxylic acid groups (broad SMARTS) is 1. The number of nitrogens with zero attached hydrogens (tertiary/aromatic N) is 2. The summed E-state index contributed by atoms with van der Waals surface area (Å²) in [5.74, 6) is -1.24. The fraction of sp³-hybridized carbons (Fsp3) is 0.471. The van der Waals surface area contributed by atoms with E-state index in [4.69, 9.17) is 9.72 Å². The van der Waals surface area contributed by atoms with Crippen molar-refractivity contribution in [1.82, 2.24) is 4.98 Å². The summed E-state index contributed by atoms with van der Waals surface area (Å²) in [6.45, 7) is 16.5. The molecule has 0 amide bonds. The smallest absolute Gasteiger partial charge is 0.337 e. The lowest BCUT2D eigenvalue weighted by molar-refractivity contribution is -0.160. The molecule has 1 aromatic heterocycles. The first kappa shape index (κ1) is 30.5. The maximum absolute atomic E-state index is 13.2. The number of rotatable bonds is 9. The number of aromatic nitrogens is 1. The normalized spacial score (nSPS) is 16.0. The SMILES string of the molecule is Cc1nc(C)c([C@H](OC(C)(C)C)C(=O)O)c(N2CCC(C)(C)CC2)c1-c1ccc(NCCc2ccc(F)cc2)cc1. The third-order valence-corrected chi connectivity index (χ3v) is 7.80. The number of carbonyl (C=O) groups is 1. The molecule has 2 heterocycles. The number of pyridine rings is 1. The van der Waals surface area contributed by atoms with Gasteiger partial charge in [-0.2, -0.15) is 0 Å². The Morgan fingerprint density at radius 3 is 2.22 bits per heavy atom. The first-order valence-electron chi connectivity index (χ1n) is 14.5. The Morgan fingerprint density at radius 1 is 1.05 bits per heavy atom. The summed E-state index contributed by atoms with van der Waals surface area (Å²) in [5, 5.41) is 13.8. The number of benzene rings is 2. The van der Waals surface area contributed by atoms with Crippen LogP contribution in [0, 0.1) is 25.1 Å². The zero-order valence-electron chi connectivity index (χ0n) is 25.5. The van der Waals surface area contributed by atoms with Crippen LogP contribution in [0.25, 0.3) is 11.1 Å². The molecule has 3 aromatic rings. The molecule has 1 aliphatic rings. The lowest BCUT2D eigenvalue weighted by Gasteiger charge is -2.41. The second-order valence-corrected chi connectivity index (χ2v) is 12.9. The van der Waals surface area contributed by atoms with Crippen molar-refractivity contribution in [2.75, 3.05) is 29.9 Å². The zero-order chi connectivity index (χ0) is 29.9. The highest BCUT2D eigenvalue weighted by Crippen LogP contribution is 2.45. The Hall–Kier alpha value is -3.45. The number of halogens is 1. The van der Waals surface area contributed by atoms with Crippen LogP contribution in [0.4, 0.5) is 15.8 Å². The molecule has 4 rings (SSSR count). The third-order valence-electron chi connectivity index (χ3n) is 7.80. The van der Waals surface area contributed by atoms with Crippen molar-refractivity contribution in [1.29, 1.82) is 0 Å². The average molecular weight is 562 g/mol. The predicted molar refractivity (Wildman–Crippen MR) is 164 cm³/mol. The lowest BCUT2D eigenvalue weighted by atomic mass is 9.82. The average Bonchev–Trinajstić information content (AvgIpc) is 2.88. The number of aliphatic carboxylic acids is 1. The molecule has 6 nitrogen and oxygen atoms in total. The van der Waals surface area contributed by atoms with E-state index in [0.29, 0.717) is 11.3 Å². The minimum atomic E-state index is -1.14. The summed E-state index contributed by atoms with van der Waals surface area (Å²) < 4.78 is 19.4. The summed E-state index contributed by atoms with van der Waals surface area (Å²) in [4.78, 5) is 19.9. The molecule has 1 saturated heterocycles. The summed E-state index contributed by atoms with van der Waals surface area (Å²) >= 11 is 0. The van der Waals surface area contributed by atoms with E-state index < -0.39 is 17.7 Å². The van der Waals surface area contributed by atoms with E-state index in [1.807, 2.05) is 58.9 Å². The number of anilines is 2. The van der Waals surface area contributed by atoms with Gasteiger partial charge in [0.1, 0.15) is 5.82 Å². The molecule has 2 aromatic carbocycles. The van der Waals surface area contributed by atoms with Crippen molar-refractivity contribution in [3.8, 4) is 11.1 Å². The minimum absolute atomic E-state index is 0.228. The largest absolute Gasteiger partial charge is 0.479 e. The first-order valence-corrected chi connectivity index (χ1v) is 14.5. The first-order chi connectivity index (χ1) is 19.2. The van der Waals surface area contributed by atoms with Crippen LogP contribution in [0.2, 0.25) is 0 Å². The van der Waals surface area contributed by atoms with E-state index >= 15 is 0 Å². The maximum Gasteiger partial charge on any atom is 0.337 e. The predicted octanol–water partition coefficient (Wildman–Crippen LogP) is 7.73. The molecule has 0 aliphatic carbocycles. The Morgan fingerprint density at radius 2 is 1.66 bits per heavy atom. The molecule has 0 unspecified atom stereocenters. The molecule has 1 fully saturated rings. The van der Waals surface area contributed by atoms with Crippen molar-refractivity contribution in [2.24, 2.45) is 5.41 Å². The van der Waals surface area contributed by atoms with E-state index in [-0.39, 0.29) is 11.2 Å². The van der Waals surface area contributed by atoms with Crippen molar-refractivity contribution in [2.45, 2.75) is 79.4 Å². The topological polar surface area (TPSA) is 74.7 Å². The Bertz CT molecular complexity index is 1350. The molecular formula is C34H44FN3O3. The van der Waals surface area contributed by atoms with Crippen LogP contribution in [-0.4, -0.2) is 41.3 Å². The minimum Gasteiger partial charge on any atom is -0.479 e. The van der Waals surface area contributed by atoms with Crippen LogP contribution in [0.1, 0.15) is 76.1 Å². The number of piperidine rings is 1. The van der Waals surface area contributed by atoms with E-state index in [0.717, 1.165) is 72.7 Å². The van der Waals surface area contributed by atoms with Gasteiger partial charge in [-0.25, -0.2) is 9.18 Å². The van der Waals surface area contributed by atoms with Gasteiger partial charge in [0.05, 0.1) is 11.3 Å². The maximum atomic E-state index is 13.2. The van der Waals surface area contributed by atoms with Crippen LogP contribution in [0.15, 0.2) is 48.5 Å². The van der Waals surface area contributed by atoms with Gasteiger partial charge in [-0.05, 0) is 94.7 Å². The standard InChI is InChI=1S/C34H44FN3O3/c1-22-28(25-10-14-27(15-11-25)36-19-16-24-8-12-26(35)13-9-24)30(38-20-17-34(6,7)18-21-38)29(23(2)37-22)31(32(39)40)41-33(3,4)5/h8-15,31,36H,16-21H2,1-7H3,(H,39,40)/t31-/m0/s1. The molecule has 2 N–H and O–H groups in total. The van der Waals surface area contributed by atoms with Gasteiger partial charge in [0.15, 0.2) is 6.10 Å². The van der Waals surface area contributed by atoms with E-state index in [2.05, 4.69) is 36.2 Å². The molecule has 0 radical (unpaired) electrons. The second kappa shape index (κ2) is 12.2. The third kappa shape index (κ3) is 7.64. The van der Waals surface area contributed by atoms with Crippen LogP contribution in [-0.2, 0) is 16.0 Å². The second-order valence-electron chi connectivity index (χ2n) is 12.9. The molecule has 7 heteroatoms. The molecule has 41 heavy (non-hydrogen) atoms. The fourth-order valence-electron chi connectivity index (χ4n) is 5.51. The molecule has 0 saturated carbocycles. The van der Waals surface area contributed by atoms with E-state index in [1.54, 1.807) is 0 Å². The summed E-state index contributed by atoms with van der Waals surface area (Å²) in [6.07, 6.45) is 1.67. The van der Waals surface area contributed by atoms with Crippen molar-refractivity contribution in [3.05, 3.63) is 76.9 Å². The Labute approximate surface area is 244 Å². The Kier molecular flexibility index (Phi) is 9.07. The van der Waals surface area contributed by atoms with Crippen molar-refractivity contribution >= 4 is 17.3 Å². The highest BCUT2D eigenvalue weighted by Gasteiger charge is 2.36. The number of hydrogen-bond acceptors (Lipinski definition) is 5. The van der Waals surface area contributed by atoms with Crippen LogP contribution in [0.3, 0.4) is 0 Å². The van der Waals surface area contributed by atoms with Crippen molar-refractivity contribution in [3.63, 3.8) is 0 Å². The quantitative estimate of drug-likeness (QED) is 0.279. The summed E-state index contributed by atoms with van der Waals surface area (Å²) in [7, 11) is 0. The van der Waals surface area contributed by atoms with Crippen LogP contribution >= 0.6 is 0 Å². The molecule has 1 atom stereocenters. The van der Waals surface area contributed by atoms with Crippen LogP contribution in [0.5, 0.6) is 0 Å². The molecule has 0 bridgehead atoms. The van der Waals surface area contributed by atoms with Gasteiger partial charge in [-0.15, -0.1) is 0 Å². The van der Waals surface area contributed by atoms with Gasteiger partial charge >= 0.3 is 5.97 Å². The number of aryl methyl sites for hydroxylation is 2. The summed E-state index contributed by atoms with van der Waals surface area (Å²) in [5.41, 5.74) is 6.68. The number of ether oxygens (including phenoxy) is 1. The monoisotopic (exact) mass is 561 g/mol. The van der Waals surface area contributed by atoms with Crippen molar-refractivity contribution < 1.29 is 19.0 Å². The van der Waals surface area contributed by atoms with Gasteiger partial charge in [0, 0.05) is 47.8 Å². The van der Waals surface area contributed by atoms with Gasteiger partial charge in [-0.3, -0.25) is 4.98 Å². The zero-order valence-corrected chi connectivity index (χ0v) is 25.5. The Balaban J connectivity index is 1.71. The van der Waals surface area contributed by atoms with E-state index in [1.165, 1.54) is 12.1 Å².